The average Bonchev–Trinajstić information content (AvgIpc) is 3.16. The fourth-order valence-electron chi connectivity index (χ4n) is 4.23. The van der Waals surface area contributed by atoms with E-state index in [2.05, 4.69) is 10.6 Å². The van der Waals surface area contributed by atoms with Gasteiger partial charge in [-0.3, -0.25) is 4.79 Å². The second-order valence-corrected chi connectivity index (χ2v) is 8.80. The van der Waals surface area contributed by atoms with Crippen molar-refractivity contribution in [2.45, 2.75) is 26.4 Å². The molecule has 7 nitrogen and oxygen atoms in total. The topological polar surface area (TPSA) is 87.7 Å². The van der Waals surface area contributed by atoms with E-state index in [0.29, 0.717) is 23.9 Å². The van der Waals surface area contributed by atoms with E-state index in [4.69, 9.17) is 4.74 Å². The van der Waals surface area contributed by atoms with Gasteiger partial charge < -0.3 is 20.3 Å². The highest BCUT2D eigenvalue weighted by atomic mass is 19.1. The maximum absolute atomic E-state index is 13.7. The number of hydrogen-bond acceptors (Lipinski definition) is 4. The van der Waals surface area contributed by atoms with E-state index in [1.165, 1.54) is 7.11 Å². The molecule has 3 amide bonds. The Morgan fingerprint density at radius 2 is 1.64 bits per heavy atom. The molecule has 186 valence electrons. The number of benzene rings is 3. The number of fused-ring (bicyclic) bond motifs is 1. The fraction of sp³-hybridized carbons (Fsp3) is 0.222. The Kier molecular flexibility index (Phi) is 7.00. The third-order valence-corrected chi connectivity index (χ3v) is 6.01. The Morgan fingerprint density at radius 3 is 2.28 bits per heavy atom. The Balaban J connectivity index is 1.47. The first-order valence-electron chi connectivity index (χ1n) is 11.3. The molecule has 0 aliphatic carbocycles. The zero-order chi connectivity index (χ0) is 26.0. The van der Waals surface area contributed by atoms with Gasteiger partial charge in [0, 0.05) is 23.9 Å². The maximum atomic E-state index is 13.7. The second kappa shape index (κ2) is 10.2. The van der Waals surface area contributed by atoms with E-state index in [-0.39, 0.29) is 17.5 Å². The summed E-state index contributed by atoms with van der Waals surface area (Å²) in [6.07, 6.45) is 0. The van der Waals surface area contributed by atoms with Crippen LogP contribution in [0.2, 0.25) is 0 Å². The molecule has 1 aliphatic heterocycles. The van der Waals surface area contributed by atoms with Gasteiger partial charge in [-0.05, 0) is 52.9 Å². The molecule has 0 spiro atoms. The highest BCUT2D eigenvalue weighted by molar-refractivity contribution is 6.02. The van der Waals surface area contributed by atoms with Crippen LogP contribution in [0.15, 0.2) is 60.7 Å². The molecule has 1 atom stereocenters. The summed E-state index contributed by atoms with van der Waals surface area (Å²) in [5.74, 6) is -2.39. The first kappa shape index (κ1) is 24.8. The third kappa shape index (κ3) is 5.05. The van der Waals surface area contributed by atoms with Gasteiger partial charge >= 0.3 is 12.0 Å². The number of carbonyl (C=O) groups is 3. The molecule has 0 bridgehead atoms. The molecule has 3 aromatic carbocycles. The molecule has 9 heteroatoms. The van der Waals surface area contributed by atoms with Crippen LogP contribution < -0.4 is 10.6 Å². The van der Waals surface area contributed by atoms with E-state index < -0.39 is 29.7 Å². The Bertz CT molecular complexity index is 1330. The standard InChI is InChI=1S/C27H25F2N3O4/c1-15(2)24(26(34)36-3)32-14-18-5-4-17(12-21(18)25(32)33)16-6-9-20(10-7-16)30-27(35)31-23-11-8-19(28)13-22(23)29/h4-13,15,24H,14H2,1-3H3,(H2,30,31,35). The van der Waals surface area contributed by atoms with Crippen LogP contribution in [0.3, 0.4) is 0 Å². The first-order valence-corrected chi connectivity index (χ1v) is 11.3. The van der Waals surface area contributed by atoms with E-state index in [9.17, 15) is 23.2 Å². The van der Waals surface area contributed by atoms with Crippen molar-refractivity contribution in [3.05, 3.63) is 83.4 Å². The summed E-state index contributed by atoms with van der Waals surface area (Å²) < 4.78 is 31.7. The van der Waals surface area contributed by atoms with Crippen LogP contribution in [0.1, 0.15) is 29.8 Å². The third-order valence-electron chi connectivity index (χ3n) is 6.01. The molecule has 1 aliphatic rings. The van der Waals surface area contributed by atoms with Gasteiger partial charge in [0.15, 0.2) is 0 Å². The van der Waals surface area contributed by atoms with Crippen LogP contribution in [0.25, 0.3) is 11.1 Å². The van der Waals surface area contributed by atoms with Crippen LogP contribution in [0, 0.1) is 17.6 Å². The van der Waals surface area contributed by atoms with Crippen molar-refractivity contribution in [3.63, 3.8) is 0 Å². The minimum atomic E-state index is -0.878. The lowest BCUT2D eigenvalue weighted by Crippen LogP contribution is -2.45. The fourth-order valence-corrected chi connectivity index (χ4v) is 4.23. The summed E-state index contributed by atoms with van der Waals surface area (Å²) in [5, 5.41) is 4.92. The molecule has 1 unspecified atom stereocenters. The number of esters is 1. The van der Waals surface area contributed by atoms with Crippen molar-refractivity contribution in [1.82, 2.24) is 4.90 Å². The lowest BCUT2D eigenvalue weighted by atomic mass is 10.00. The average molecular weight is 494 g/mol. The van der Waals surface area contributed by atoms with Gasteiger partial charge in [-0.15, -0.1) is 0 Å². The molecule has 36 heavy (non-hydrogen) atoms. The number of carbonyl (C=O) groups excluding carboxylic acids is 3. The summed E-state index contributed by atoms with van der Waals surface area (Å²) in [5.41, 5.74) is 3.29. The number of ether oxygens (including phenoxy) is 1. The van der Waals surface area contributed by atoms with Crippen molar-refractivity contribution in [2.75, 3.05) is 17.7 Å². The summed E-state index contributed by atoms with van der Waals surface area (Å²) in [6.45, 7) is 4.07. The molecule has 0 saturated carbocycles. The predicted octanol–water partition coefficient (Wildman–Crippen LogP) is 5.43. The number of amides is 3. The summed E-state index contributed by atoms with van der Waals surface area (Å²) in [7, 11) is 1.31. The van der Waals surface area contributed by atoms with Crippen LogP contribution >= 0.6 is 0 Å². The number of anilines is 2. The van der Waals surface area contributed by atoms with Gasteiger partial charge in [-0.1, -0.05) is 38.1 Å². The number of halogens is 2. The lowest BCUT2D eigenvalue weighted by Gasteiger charge is -2.28. The number of hydrogen-bond donors (Lipinski definition) is 2. The van der Waals surface area contributed by atoms with E-state index in [1.54, 1.807) is 35.2 Å². The minimum Gasteiger partial charge on any atom is -0.467 e. The highest BCUT2D eigenvalue weighted by Gasteiger charge is 2.38. The number of urea groups is 1. The molecular formula is C27H25F2N3O4. The maximum Gasteiger partial charge on any atom is 0.328 e. The molecule has 0 fully saturated rings. The first-order chi connectivity index (χ1) is 17.2. The monoisotopic (exact) mass is 493 g/mol. The Labute approximate surface area is 207 Å². The van der Waals surface area contributed by atoms with Gasteiger partial charge in [-0.25, -0.2) is 18.4 Å². The molecule has 3 aromatic rings. The van der Waals surface area contributed by atoms with Gasteiger partial charge in [0.1, 0.15) is 17.7 Å². The SMILES string of the molecule is COC(=O)C(C(C)C)N1Cc2ccc(-c3ccc(NC(=O)Nc4ccc(F)cc4F)cc3)cc2C1=O. The molecule has 0 radical (unpaired) electrons. The Hall–Kier alpha value is -4.27. The Morgan fingerprint density at radius 1 is 0.944 bits per heavy atom. The summed E-state index contributed by atoms with van der Waals surface area (Å²) in [4.78, 5) is 39.1. The van der Waals surface area contributed by atoms with Crippen molar-refractivity contribution >= 4 is 29.3 Å². The molecule has 0 saturated heterocycles. The zero-order valence-electron chi connectivity index (χ0n) is 20.0. The molecule has 0 aromatic heterocycles. The van der Waals surface area contributed by atoms with E-state index >= 15 is 0 Å². The van der Waals surface area contributed by atoms with Crippen molar-refractivity contribution in [3.8, 4) is 11.1 Å². The highest BCUT2D eigenvalue weighted by Crippen LogP contribution is 2.32. The van der Waals surface area contributed by atoms with Crippen LogP contribution in [0.4, 0.5) is 25.0 Å². The van der Waals surface area contributed by atoms with E-state index in [1.807, 2.05) is 26.0 Å². The number of nitrogens with one attached hydrogen (secondary N) is 2. The number of methoxy groups -OCH3 is 1. The van der Waals surface area contributed by atoms with Crippen LogP contribution in [0.5, 0.6) is 0 Å². The van der Waals surface area contributed by atoms with Gasteiger partial charge in [0.25, 0.3) is 5.91 Å². The summed E-state index contributed by atoms with van der Waals surface area (Å²) in [6, 6.07) is 14.0. The predicted molar refractivity (Wildman–Crippen MR) is 131 cm³/mol. The quantitative estimate of drug-likeness (QED) is 0.449. The molecule has 4 rings (SSSR count). The van der Waals surface area contributed by atoms with Gasteiger partial charge in [-0.2, -0.15) is 0 Å². The molecule has 1 heterocycles. The molecular weight excluding hydrogens is 468 g/mol. The van der Waals surface area contributed by atoms with Crippen LogP contribution in [-0.4, -0.2) is 36.0 Å². The van der Waals surface area contributed by atoms with Crippen molar-refractivity contribution in [1.29, 1.82) is 0 Å². The van der Waals surface area contributed by atoms with Crippen molar-refractivity contribution in [2.24, 2.45) is 5.92 Å². The largest absolute Gasteiger partial charge is 0.467 e. The normalized spacial score (nSPS) is 13.4. The molecule has 2 N–H and O–H groups in total. The smallest absolute Gasteiger partial charge is 0.328 e. The second-order valence-electron chi connectivity index (χ2n) is 8.80. The van der Waals surface area contributed by atoms with Gasteiger partial charge in [0.2, 0.25) is 0 Å². The lowest BCUT2D eigenvalue weighted by molar-refractivity contribution is -0.147. The minimum absolute atomic E-state index is 0.105. The summed E-state index contributed by atoms with van der Waals surface area (Å²) >= 11 is 0. The van der Waals surface area contributed by atoms with Gasteiger partial charge in [0.05, 0.1) is 12.8 Å². The van der Waals surface area contributed by atoms with E-state index in [0.717, 1.165) is 28.8 Å². The number of rotatable bonds is 6. The van der Waals surface area contributed by atoms with Crippen LogP contribution in [-0.2, 0) is 16.1 Å². The zero-order valence-corrected chi connectivity index (χ0v) is 20.0. The van der Waals surface area contributed by atoms with Crippen molar-refractivity contribution < 1.29 is 27.9 Å². The number of nitrogens with zero attached hydrogens (tertiary/aromatic N) is 1.